The van der Waals surface area contributed by atoms with Gasteiger partial charge in [-0.15, -0.1) is 0 Å². The van der Waals surface area contributed by atoms with Gasteiger partial charge in [0, 0.05) is 13.2 Å². The first kappa shape index (κ1) is 15.0. The normalized spacial score (nSPS) is 19.8. The van der Waals surface area contributed by atoms with Crippen LogP contribution in [-0.4, -0.2) is 35.8 Å². The lowest BCUT2D eigenvalue weighted by atomic mass is 9.97. The zero-order valence-electron chi connectivity index (χ0n) is 12.1. The van der Waals surface area contributed by atoms with Crippen molar-refractivity contribution in [3.63, 3.8) is 0 Å². The van der Waals surface area contributed by atoms with Crippen LogP contribution in [0.4, 0.5) is 0 Å². The number of carbonyl (C=O) groups is 2. The molecule has 0 bridgehead atoms. The fourth-order valence-electron chi connectivity index (χ4n) is 2.09. The summed E-state index contributed by atoms with van der Waals surface area (Å²) in [5.41, 5.74) is 7.22. The highest BCUT2D eigenvalue weighted by molar-refractivity contribution is 6.00. The van der Waals surface area contributed by atoms with E-state index in [9.17, 15) is 9.59 Å². The lowest BCUT2D eigenvalue weighted by Crippen LogP contribution is -2.50. The van der Waals surface area contributed by atoms with Crippen molar-refractivity contribution >= 4 is 17.4 Å². The van der Waals surface area contributed by atoms with Crippen molar-refractivity contribution in [2.24, 2.45) is 5.73 Å². The average Bonchev–Trinajstić information content (AvgIpc) is 2.61. The van der Waals surface area contributed by atoms with Gasteiger partial charge in [0.15, 0.2) is 0 Å². The van der Waals surface area contributed by atoms with E-state index in [0.717, 1.165) is 11.1 Å². The van der Waals surface area contributed by atoms with Gasteiger partial charge in [0.2, 0.25) is 5.91 Å². The average molecular weight is 285 g/mol. The molecule has 5 nitrogen and oxygen atoms in total. The monoisotopic (exact) mass is 285 g/mol. The van der Waals surface area contributed by atoms with Crippen LogP contribution in [0, 0.1) is 0 Å². The van der Waals surface area contributed by atoms with Gasteiger partial charge in [-0.3, -0.25) is 9.59 Å². The second-order valence-corrected chi connectivity index (χ2v) is 5.01. The molecule has 1 heterocycles. The highest BCUT2D eigenvalue weighted by Crippen LogP contribution is 2.22. The maximum Gasteiger partial charge on any atom is 0.253 e. The van der Waals surface area contributed by atoms with Gasteiger partial charge in [0.25, 0.3) is 5.91 Å². The Balaban J connectivity index is 2.38. The van der Waals surface area contributed by atoms with E-state index < -0.39 is 12.1 Å². The van der Waals surface area contributed by atoms with Gasteiger partial charge in [-0.2, -0.15) is 0 Å². The van der Waals surface area contributed by atoms with Crippen LogP contribution in [0.15, 0.2) is 48.7 Å². The number of nitrogens with one attached hydrogen (secondary N) is 1. The number of allylic oxidation sites excluding steroid dienone is 2. The number of amides is 2. The maximum atomic E-state index is 12.5. The predicted octanol–water partition coefficient (Wildman–Crippen LogP) is 0.888. The molecule has 2 rings (SSSR count). The Bertz CT molecular complexity index is 591. The van der Waals surface area contributed by atoms with Crippen LogP contribution in [0.1, 0.15) is 12.5 Å². The van der Waals surface area contributed by atoms with E-state index in [0.29, 0.717) is 0 Å². The third kappa shape index (κ3) is 3.38. The first-order valence-corrected chi connectivity index (χ1v) is 6.77. The number of nitrogens with two attached hydrogens (primary N) is 1. The third-order valence-corrected chi connectivity index (χ3v) is 3.30. The molecule has 0 saturated carbocycles. The Morgan fingerprint density at radius 3 is 2.62 bits per heavy atom. The molecule has 1 aliphatic heterocycles. The largest absolute Gasteiger partial charge is 0.339 e. The summed E-state index contributed by atoms with van der Waals surface area (Å²) in [6.45, 7) is 1.59. The molecule has 2 atom stereocenters. The van der Waals surface area contributed by atoms with Gasteiger partial charge >= 0.3 is 0 Å². The van der Waals surface area contributed by atoms with Crippen molar-refractivity contribution in [3.8, 4) is 0 Å². The topological polar surface area (TPSA) is 75.4 Å². The Morgan fingerprint density at radius 2 is 2.00 bits per heavy atom. The molecule has 2 unspecified atom stereocenters. The zero-order valence-corrected chi connectivity index (χ0v) is 12.1. The van der Waals surface area contributed by atoms with Crippen molar-refractivity contribution in [3.05, 3.63) is 54.2 Å². The van der Waals surface area contributed by atoms with Gasteiger partial charge in [0.1, 0.15) is 6.04 Å². The Morgan fingerprint density at radius 1 is 1.33 bits per heavy atom. The minimum Gasteiger partial charge on any atom is -0.339 e. The van der Waals surface area contributed by atoms with E-state index >= 15 is 0 Å². The van der Waals surface area contributed by atoms with Crippen LogP contribution in [-0.2, 0) is 9.59 Å². The fraction of sp³-hybridized carbons (Fsp3) is 0.250. The van der Waals surface area contributed by atoms with Gasteiger partial charge < -0.3 is 16.0 Å². The van der Waals surface area contributed by atoms with E-state index in [1.807, 2.05) is 36.4 Å². The number of nitrogens with zero attached hydrogens (tertiary/aromatic N) is 1. The lowest BCUT2D eigenvalue weighted by Gasteiger charge is -2.24. The van der Waals surface area contributed by atoms with Crippen LogP contribution < -0.4 is 11.1 Å². The summed E-state index contributed by atoms with van der Waals surface area (Å²) in [4.78, 5) is 25.8. The van der Waals surface area contributed by atoms with Crippen molar-refractivity contribution < 1.29 is 9.59 Å². The molecule has 21 heavy (non-hydrogen) atoms. The molecule has 0 aliphatic carbocycles. The summed E-state index contributed by atoms with van der Waals surface area (Å²) < 4.78 is 0. The predicted molar refractivity (Wildman–Crippen MR) is 81.9 cm³/mol. The molecule has 0 aromatic heterocycles. The van der Waals surface area contributed by atoms with Gasteiger partial charge in [-0.1, -0.05) is 36.4 Å². The van der Waals surface area contributed by atoms with Crippen LogP contribution in [0.5, 0.6) is 0 Å². The molecule has 0 spiro atoms. The lowest BCUT2D eigenvalue weighted by molar-refractivity contribution is -0.132. The molecule has 1 aromatic rings. The van der Waals surface area contributed by atoms with E-state index in [1.165, 1.54) is 4.90 Å². The van der Waals surface area contributed by atoms with Crippen molar-refractivity contribution in [1.82, 2.24) is 10.2 Å². The first-order valence-electron chi connectivity index (χ1n) is 6.77. The first-order chi connectivity index (χ1) is 10.0. The molecule has 110 valence electrons. The minimum atomic E-state index is -0.745. The Kier molecular flexibility index (Phi) is 4.55. The zero-order chi connectivity index (χ0) is 15.4. The van der Waals surface area contributed by atoms with E-state index in [-0.39, 0.29) is 11.8 Å². The van der Waals surface area contributed by atoms with Crippen LogP contribution in [0.2, 0.25) is 0 Å². The van der Waals surface area contributed by atoms with Crippen LogP contribution in [0.25, 0.3) is 5.57 Å². The van der Waals surface area contributed by atoms with Crippen LogP contribution >= 0.6 is 0 Å². The Labute approximate surface area is 124 Å². The van der Waals surface area contributed by atoms with E-state index in [1.54, 1.807) is 26.2 Å². The molecule has 2 amide bonds. The number of rotatable bonds is 3. The SMILES string of the molecule is CC(N)C(=O)NC1C(=O)N(C)C=CC=C1c1ccccc1. The maximum absolute atomic E-state index is 12.5. The van der Waals surface area contributed by atoms with E-state index in [2.05, 4.69) is 5.32 Å². The van der Waals surface area contributed by atoms with Gasteiger partial charge in [-0.25, -0.2) is 0 Å². The standard InChI is InChI=1S/C16H19N3O2/c1-11(17)15(20)18-14-13(12-7-4-3-5-8-12)9-6-10-19(2)16(14)21/h3-11,14H,17H2,1-2H3,(H,18,20). The smallest absolute Gasteiger partial charge is 0.253 e. The summed E-state index contributed by atoms with van der Waals surface area (Å²) in [5, 5.41) is 2.72. The van der Waals surface area contributed by atoms with E-state index in [4.69, 9.17) is 5.73 Å². The Hall–Kier alpha value is -2.40. The highest BCUT2D eigenvalue weighted by atomic mass is 16.2. The fourth-order valence-corrected chi connectivity index (χ4v) is 2.09. The van der Waals surface area contributed by atoms with Crippen molar-refractivity contribution in [1.29, 1.82) is 0 Å². The summed E-state index contributed by atoms with van der Waals surface area (Å²) in [5.74, 6) is -0.557. The van der Waals surface area contributed by atoms with Crippen molar-refractivity contribution in [2.45, 2.75) is 19.0 Å². The number of likely N-dealkylation sites (N-methyl/N-ethyl adjacent to an activating group) is 1. The molecule has 3 N–H and O–H groups in total. The highest BCUT2D eigenvalue weighted by Gasteiger charge is 2.29. The second-order valence-electron chi connectivity index (χ2n) is 5.01. The van der Waals surface area contributed by atoms with Gasteiger partial charge in [0.05, 0.1) is 6.04 Å². The number of hydrogen-bond acceptors (Lipinski definition) is 3. The summed E-state index contributed by atoms with van der Waals surface area (Å²) in [6, 6.07) is 8.08. The quantitative estimate of drug-likeness (QED) is 0.866. The van der Waals surface area contributed by atoms with Gasteiger partial charge in [-0.05, 0) is 24.1 Å². The molecule has 0 saturated heterocycles. The van der Waals surface area contributed by atoms with Crippen LogP contribution in [0.3, 0.4) is 0 Å². The third-order valence-electron chi connectivity index (χ3n) is 3.30. The summed E-state index contributed by atoms with van der Waals surface area (Å²) in [7, 11) is 1.66. The molecule has 0 fully saturated rings. The summed E-state index contributed by atoms with van der Waals surface area (Å²) in [6.07, 6.45) is 5.30. The number of benzene rings is 1. The molecular formula is C16H19N3O2. The summed E-state index contributed by atoms with van der Waals surface area (Å²) >= 11 is 0. The molecule has 1 aliphatic rings. The molecule has 1 aromatic carbocycles. The molecular weight excluding hydrogens is 266 g/mol. The number of carbonyl (C=O) groups excluding carboxylic acids is 2. The second kappa shape index (κ2) is 6.37. The molecule has 5 heteroatoms. The van der Waals surface area contributed by atoms with Crippen molar-refractivity contribution in [2.75, 3.05) is 7.05 Å². The molecule has 0 radical (unpaired) electrons. The minimum absolute atomic E-state index is 0.201. The number of hydrogen-bond donors (Lipinski definition) is 2.